The summed E-state index contributed by atoms with van der Waals surface area (Å²) in [4.78, 5) is 12.0. The highest BCUT2D eigenvalue weighted by atomic mass is 16.6. The van der Waals surface area contributed by atoms with E-state index in [2.05, 4.69) is 97.1 Å². The van der Waals surface area contributed by atoms with Crippen LogP contribution in [-0.4, -0.2) is 4.92 Å². The Labute approximate surface area is 258 Å². The predicted molar refractivity (Wildman–Crippen MR) is 180 cm³/mol. The number of hydrogen-bond acceptors (Lipinski definition) is 3. The molecule has 1 heterocycles. The van der Waals surface area contributed by atoms with E-state index >= 15 is 0 Å². The van der Waals surface area contributed by atoms with Gasteiger partial charge in [-0.05, 0) is 73.5 Å². The number of nitro groups is 1. The zero-order chi connectivity index (χ0) is 29.9. The van der Waals surface area contributed by atoms with Crippen LogP contribution in [0.5, 0.6) is 0 Å². The van der Waals surface area contributed by atoms with Crippen molar-refractivity contribution in [2.24, 2.45) is 0 Å². The molecule has 0 amide bonds. The van der Waals surface area contributed by atoms with Crippen molar-refractivity contribution >= 4 is 38.4 Å². The highest BCUT2D eigenvalue weighted by Gasteiger charge is 2.53. The Morgan fingerprint density at radius 2 is 1.09 bits per heavy atom. The summed E-state index contributed by atoms with van der Waals surface area (Å²) in [6.45, 7) is 0. The van der Waals surface area contributed by atoms with Gasteiger partial charge >= 0.3 is 0 Å². The van der Waals surface area contributed by atoms with E-state index in [1.165, 1.54) is 27.8 Å². The fourth-order valence-corrected chi connectivity index (χ4v) is 8.34. The van der Waals surface area contributed by atoms with Gasteiger partial charge in [0.25, 0.3) is 5.69 Å². The second kappa shape index (κ2) is 8.55. The lowest BCUT2D eigenvalue weighted by Crippen LogP contribution is -2.26. The first-order valence-electron chi connectivity index (χ1n) is 15.1. The molecule has 0 aliphatic heterocycles. The maximum absolute atomic E-state index is 12.3. The first-order chi connectivity index (χ1) is 22.2. The quantitative estimate of drug-likeness (QED) is 0.152. The Balaban J connectivity index is 1.42. The van der Waals surface area contributed by atoms with Crippen molar-refractivity contribution in [3.05, 3.63) is 172 Å². The lowest BCUT2D eigenvalue weighted by molar-refractivity contribution is -0.384. The van der Waals surface area contributed by atoms with Crippen LogP contribution in [0.2, 0.25) is 0 Å². The minimum absolute atomic E-state index is 0.100. The van der Waals surface area contributed by atoms with Gasteiger partial charge in [0.1, 0.15) is 11.2 Å². The van der Waals surface area contributed by atoms with Crippen molar-refractivity contribution in [2.45, 2.75) is 5.41 Å². The third kappa shape index (κ3) is 2.91. The summed E-state index contributed by atoms with van der Waals surface area (Å²) in [5.41, 5.74) is 12.1. The molecule has 210 valence electrons. The summed E-state index contributed by atoms with van der Waals surface area (Å²) in [6, 6.07) is 47.7. The Kier molecular flexibility index (Phi) is 4.64. The number of nitro benzene ring substituents is 1. The SMILES string of the molecule is O=[N+]([O-])c1ccccc1-c1cc2c(c3ccccc13)-c1ccccc1C21c2ccccc2-c2c1ccc1c2oc2ccccc21. The maximum Gasteiger partial charge on any atom is 0.277 e. The fourth-order valence-electron chi connectivity index (χ4n) is 8.34. The van der Waals surface area contributed by atoms with Gasteiger partial charge in [-0.3, -0.25) is 10.1 Å². The number of fused-ring (bicyclic) bond motifs is 16. The van der Waals surface area contributed by atoms with Gasteiger partial charge in [-0.1, -0.05) is 115 Å². The lowest BCUT2D eigenvalue weighted by Gasteiger charge is -2.31. The number of rotatable bonds is 2. The van der Waals surface area contributed by atoms with Crippen LogP contribution in [0.3, 0.4) is 0 Å². The Morgan fingerprint density at radius 1 is 0.489 bits per heavy atom. The molecule has 0 saturated heterocycles. The first-order valence-corrected chi connectivity index (χ1v) is 15.1. The Morgan fingerprint density at radius 3 is 1.84 bits per heavy atom. The van der Waals surface area contributed by atoms with Crippen molar-refractivity contribution < 1.29 is 9.34 Å². The third-order valence-corrected chi connectivity index (χ3v) is 9.99. The van der Waals surface area contributed by atoms with Crippen LogP contribution >= 0.6 is 0 Å². The monoisotopic (exact) mass is 577 g/mol. The summed E-state index contributed by atoms with van der Waals surface area (Å²) in [7, 11) is 0. The molecule has 1 atom stereocenters. The van der Waals surface area contributed by atoms with E-state index in [1.54, 1.807) is 12.1 Å². The summed E-state index contributed by atoms with van der Waals surface area (Å²) in [5.74, 6) is 0. The van der Waals surface area contributed by atoms with Gasteiger partial charge in [0, 0.05) is 22.4 Å². The summed E-state index contributed by atoms with van der Waals surface area (Å²) >= 11 is 0. The van der Waals surface area contributed by atoms with Gasteiger partial charge in [0.2, 0.25) is 0 Å². The molecule has 1 spiro atoms. The number of nitrogens with zero attached hydrogens (tertiary/aromatic N) is 1. The van der Waals surface area contributed by atoms with Crippen LogP contribution in [0.4, 0.5) is 5.69 Å². The van der Waals surface area contributed by atoms with Crippen molar-refractivity contribution in [3.8, 4) is 33.4 Å². The molecule has 0 saturated carbocycles. The molecular weight excluding hydrogens is 554 g/mol. The van der Waals surface area contributed by atoms with Crippen molar-refractivity contribution in [2.75, 3.05) is 0 Å². The van der Waals surface area contributed by atoms with Crippen LogP contribution in [0.1, 0.15) is 22.3 Å². The van der Waals surface area contributed by atoms with Gasteiger partial charge in [-0.2, -0.15) is 0 Å². The van der Waals surface area contributed by atoms with Crippen LogP contribution < -0.4 is 0 Å². The minimum atomic E-state index is -0.632. The summed E-state index contributed by atoms with van der Waals surface area (Å²) in [5, 5.41) is 16.6. The van der Waals surface area contributed by atoms with Gasteiger partial charge in [0.15, 0.2) is 0 Å². The van der Waals surface area contributed by atoms with E-state index in [0.29, 0.717) is 5.56 Å². The number of hydrogen-bond donors (Lipinski definition) is 0. The molecule has 2 aliphatic carbocycles. The van der Waals surface area contributed by atoms with Crippen LogP contribution in [0.25, 0.3) is 66.1 Å². The molecule has 0 N–H and O–H groups in total. The van der Waals surface area contributed by atoms with Crippen LogP contribution in [0, 0.1) is 10.1 Å². The molecule has 0 radical (unpaired) electrons. The van der Waals surface area contributed by atoms with Crippen molar-refractivity contribution in [3.63, 3.8) is 0 Å². The molecule has 0 fully saturated rings. The zero-order valence-electron chi connectivity index (χ0n) is 24.0. The average Bonchev–Trinajstić information content (AvgIpc) is 3.72. The topological polar surface area (TPSA) is 56.3 Å². The molecule has 7 aromatic carbocycles. The normalized spacial score (nSPS) is 15.8. The second-order valence-corrected chi connectivity index (χ2v) is 12.0. The molecule has 45 heavy (non-hydrogen) atoms. The van der Waals surface area contributed by atoms with Crippen molar-refractivity contribution in [1.82, 2.24) is 0 Å². The smallest absolute Gasteiger partial charge is 0.277 e. The lowest BCUT2D eigenvalue weighted by atomic mass is 9.70. The molecule has 1 unspecified atom stereocenters. The van der Waals surface area contributed by atoms with Crippen molar-refractivity contribution in [1.29, 1.82) is 0 Å². The maximum atomic E-state index is 12.3. The third-order valence-electron chi connectivity index (χ3n) is 9.99. The molecule has 2 aliphatic rings. The van der Waals surface area contributed by atoms with E-state index in [4.69, 9.17) is 4.42 Å². The van der Waals surface area contributed by atoms with E-state index in [9.17, 15) is 10.1 Å². The van der Waals surface area contributed by atoms with Crippen LogP contribution in [0.15, 0.2) is 144 Å². The van der Waals surface area contributed by atoms with Crippen LogP contribution in [-0.2, 0) is 5.41 Å². The highest BCUT2D eigenvalue weighted by molar-refractivity contribution is 6.15. The molecule has 10 rings (SSSR count). The van der Waals surface area contributed by atoms with E-state index in [1.807, 2.05) is 30.3 Å². The number of benzene rings is 7. The van der Waals surface area contributed by atoms with E-state index in [-0.39, 0.29) is 10.6 Å². The summed E-state index contributed by atoms with van der Waals surface area (Å²) < 4.78 is 6.66. The van der Waals surface area contributed by atoms with E-state index in [0.717, 1.165) is 55.0 Å². The Bertz CT molecular complexity index is 2590. The molecule has 0 bridgehead atoms. The number of furan rings is 1. The first kappa shape index (κ1) is 24.4. The molecular formula is C41H23NO3. The average molecular weight is 578 g/mol. The zero-order valence-corrected chi connectivity index (χ0v) is 24.0. The molecule has 4 heteroatoms. The van der Waals surface area contributed by atoms with E-state index < -0.39 is 5.41 Å². The number of para-hydroxylation sites is 2. The highest BCUT2D eigenvalue weighted by Crippen LogP contribution is 2.65. The fraction of sp³-hybridized carbons (Fsp3) is 0.0244. The predicted octanol–water partition coefficient (Wildman–Crippen LogP) is 10.7. The standard InChI is InChI=1S/C41H23NO3/c43-42(44)36-19-9-5-12-25(36)31-23-35-38(27-14-2-1-11-24(27)31)29-15-3-7-17-32(29)41(35)33-18-8-4-16-30(33)39-34(41)22-21-28-26-13-6-10-20-37(26)45-40(28)39/h1-23H. The largest absolute Gasteiger partial charge is 0.455 e. The Hall–Kier alpha value is -6.00. The molecule has 1 aromatic heterocycles. The van der Waals surface area contributed by atoms with Gasteiger partial charge in [-0.25, -0.2) is 0 Å². The minimum Gasteiger partial charge on any atom is -0.455 e. The van der Waals surface area contributed by atoms with Gasteiger partial charge in [0.05, 0.1) is 15.9 Å². The van der Waals surface area contributed by atoms with Gasteiger partial charge in [-0.15, -0.1) is 0 Å². The summed E-state index contributed by atoms with van der Waals surface area (Å²) in [6.07, 6.45) is 0. The molecule has 8 aromatic rings. The van der Waals surface area contributed by atoms with Gasteiger partial charge < -0.3 is 4.42 Å². The molecule has 4 nitrogen and oxygen atoms in total. The second-order valence-electron chi connectivity index (χ2n) is 12.0.